The van der Waals surface area contributed by atoms with E-state index in [2.05, 4.69) is 16.5 Å². The standard InChI is InChI=1S/C10H17N3O/c1-8(10-3-2-4-14-10)13-6-9(5-11)12-7-13/h6-8,10H,2-5,11H2,1H3. The highest BCUT2D eigenvalue weighted by molar-refractivity contribution is 4.97. The zero-order valence-electron chi connectivity index (χ0n) is 8.52. The Morgan fingerprint density at radius 1 is 1.79 bits per heavy atom. The van der Waals surface area contributed by atoms with Gasteiger partial charge in [0.05, 0.1) is 24.2 Å². The highest BCUT2D eigenvalue weighted by Crippen LogP contribution is 2.23. The van der Waals surface area contributed by atoms with E-state index in [9.17, 15) is 0 Å². The molecule has 0 aromatic carbocycles. The average Bonchev–Trinajstić information content (AvgIpc) is 2.88. The van der Waals surface area contributed by atoms with Crippen LogP contribution in [0.1, 0.15) is 31.5 Å². The Morgan fingerprint density at radius 2 is 2.64 bits per heavy atom. The van der Waals surface area contributed by atoms with Crippen molar-refractivity contribution in [3.05, 3.63) is 18.2 Å². The molecule has 1 aliphatic heterocycles. The Kier molecular flexibility index (Phi) is 2.84. The van der Waals surface area contributed by atoms with Crippen LogP contribution in [0.15, 0.2) is 12.5 Å². The van der Waals surface area contributed by atoms with Gasteiger partial charge in [-0.2, -0.15) is 0 Å². The molecule has 0 amide bonds. The molecule has 2 rings (SSSR count). The summed E-state index contributed by atoms with van der Waals surface area (Å²) in [6.07, 6.45) is 6.51. The van der Waals surface area contributed by atoms with Gasteiger partial charge >= 0.3 is 0 Å². The first-order chi connectivity index (χ1) is 6.81. The predicted octanol–water partition coefficient (Wildman–Crippen LogP) is 1.08. The van der Waals surface area contributed by atoms with Crippen LogP contribution >= 0.6 is 0 Å². The molecule has 1 aliphatic rings. The van der Waals surface area contributed by atoms with Gasteiger partial charge in [-0.05, 0) is 19.8 Å². The molecule has 0 spiro atoms. The lowest BCUT2D eigenvalue weighted by Crippen LogP contribution is -2.19. The minimum atomic E-state index is 0.342. The fourth-order valence-corrected chi connectivity index (χ4v) is 1.88. The van der Waals surface area contributed by atoms with Crippen LogP contribution in [0, 0.1) is 0 Å². The highest BCUT2D eigenvalue weighted by atomic mass is 16.5. The quantitative estimate of drug-likeness (QED) is 0.785. The minimum absolute atomic E-state index is 0.342. The molecule has 78 valence electrons. The van der Waals surface area contributed by atoms with Crippen molar-refractivity contribution in [3.8, 4) is 0 Å². The maximum Gasteiger partial charge on any atom is 0.0953 e. The largest absolute Gasteiger partial charge is 0.376 e. The molecular weight excluding hydrogens is 178 g/mol. The number of aromatic nitrogens is 2. The summed E-state index contributed by atoms with van der Waals surface area (Å²) in [7, 11) is 0. The van der Waals surface area contributed by atoms with E-state index in [4.69, 9.17) is 10.5 Å². The molecule has 2 atom stereocenters. The fraction of sp³-hybridized carbons (Fsp3) is 0.700. The Morgan fingerprint density at radius 3 is 3.21 bits per heavy atom. The molecule has 2 heterocycles. The minimum Gasteiger partial charge on any atom is -0.376 e. The Balaban J connectivity index is 2.05. The van der Waals surface area contributed by atoms with Gasteiger partial charge in [-0.15, -0.1) is 0 Å². The number of imidazole rings is 1. The van der Waals surface area contributed by atoms with Gasteiger partial charge in [0.15, 0.2) is 0 Å². The molecular formula is C10H17N3O. The summed E-state index contributed by atoms with van der Waals surface area (Å²) >= 11 is 0. The van der Waals surface area contributed by atoms with Gasteiger partial charge in [-0.1, -0.05) is 0 Å². The van der Waals surface area contributed by atoms with E-state index < -0.39 is 0 Å². The molecule has 0 aliphatic carbocycles. The number of nitrogens with two attached hydrogens (primary N) is 1. The first-order valence-corrected chi connectivity index (χ1v) is 5.15. The zero-order chi connectivity index (χ0) is 9.97. The maximum atomic E-state index is 5.63. The number of nitrogens with zero attached hydrogens (tertiary/aromatic N) is 2. The van der Waals surface area contributed by atoms with E-state index >= 15 is 0 Å². The van der Waals surface area contributed by atoms with Crippen LogP contribution in [0.2, 0.25) is 0 Å². The number of ether oxygens (including phenoxy) is 1. The van der Waals surface area contributed by atoms with E-state index in [0.29, 0.717) is 18.7 Å². The smallest absolute Gasteiger partial charge is 0.0953 e. The van der Waals surface area contributed by atoms with Crippen LogP contribution < -0.4 is 5.73 Å². The van der Waals surface area contributed by atoms with Crippen molar-refractivity contribution in [3.63, 3.8) is 0 Å². The second-order valence-electron chi connectivity index (χ2n) is 3.81. The van der Waals surface area contributed by atoms with Gasteiger partial charge in [0.2, 0.25) is 0 Å². The molecule has 4 nitrogen and oxygen atoms in total. The molecule has 4 heteroatoms. The zero-order valence-corrected chi connectivity index (χ0v) is 8.52. The van der Waals surface area contributed by atoms with Crippen molar-refractivity contribution in [1.29, 1.82) is 0 Å². The van der Waals surface area contributed by atoms with Crippen molar-refractivity contribution in [1.82, 2.24) is 9.55 Å². The summed E-state index contributed by atoms with van der Waals surface area (Å²) in [6, 6.07) is 0.366. The van der Waals surface area contributed by atoms with E-state index in [1.54, 1.807) is 0 Å². The second kappa shape index (κ2) is 4.11. The van der Waals surface area contributed by atoms with Crippen LogP contribution in [0.25, 0.3) is 0 Å². The summed E-state index contributed by atoms with van der Waals surface area (Å²) in [5.74, 6) is 0. The Hall–Kier alpha value is -0.870. The van der Waals surface area contributed by atoms with Gasteiger partial charge < -0.3 is 15.0 Å². The monoisotopic (exact) mass is 195 g/mol. The van der Waals surface area contributed by atoms with Crippen LogP contribution in [-0.4, -0.2) is 22.3 Å². The topological polar surface area (TPSA) is 53.1 Å². The lowest BCUT2D eigenvalue weighted by atomic mass is 10.1. The third-order valence-electron chi connectivity index (χ3n) is 2.84. The number of rotatable bonds is 3. The van der Waals surface area contributed by atoms with Crippen molar-refractivity contribution >= 4 is 0 Å². The lowest BCUT2D eigenvalue weighted by molar-refractivity contribution is 0.0732. The molecule has 14 heavy (non-hydrogen) atoms. The summed E-state index contributed by atoms with van der Waals surface area (Å²) in [5, 5.41) is 0. The van der Waals surface area contributed by atoms with Gasteiger partial charge in [0.25, 0.3) is 0 Å². The van der Waals surface area contributed by atoms with Crippen LogP contribution in [0.5, 0.6) is 0 Å². The van der Waals surface area contributed by atoms with Crippen LogP contribution in [-0.2, 0) is 11.3 Å². The molecule has 1 fully saturated rings. The molecule has 0 bridgehead atoms. The van der Waals surface area contributed by atoms with Gasteiger partial charge in [0.1, 0.15) is 0 Å². The third-order valence-corrected chi connectivity index (χ3v) is 2.84. The van der Waals surface area contributed by atoms with Gasteiger partial charge in [-0.25, -0.2) is 4.98 Å². The normalized spacial score (nSPS) is 24.0. The molecule has 2 unspecified atom stereocenters. The Labute approximate surface area is 84.1 Å². The number of hydrogen-bond donors (Lipinski definition) is 1. The van der Waals surface area contributed by atoms with E-state index in [1.165, 1.54) is 6.42 Å². The first kappa shape index (κ1) is 9.68. The van der Waals surface area contributed by atoms with Crippen molar-refractivity contribution in [2.24, 2.45) is 5.73 Å². The van der Waals surface area contributed by atoms with Gasteiger partial charge in [0, 0.05) is 19.3 Å². The van der Waals surface area contributed by atoms with Crippen LogP contribution in [0.4, 0.5) is 0 Å². The molecule has 0 radical (unpaired) electrons. The maximum absolute atomic E-state index is 5.63. The second-order valence-corrected chi connectivity index (χ2v) is 3.81. The molecule has 1 saturated heterocycles. The third kappa shape index (κ3) is 1.81. The van der Waals surface area contributed by atoms with E-state index in [1.807, 2.05) is 12.5 Å². The van der Waals surface area contributed by atoms with Crippen LogP contribution in [0.3, 0.4) is 0 Å². The molecule has 1 aromatic rings. The number of hydrogen-bond acceptors (Lipinski definition) is 3. The van der Waals surface area contributed by atoms with E-state index in [0.717, 1.165) is 18.7 Å². The van der Waals surface area contributed by atoms with E-state index in [-0.39, 0.29) is 0 Å². The SMILES string of the molecule is CC(C1CCCO1)n1cnc(CN)c1. The van der Waals surface area contributed by atoms with Crippen molar-refractivity contribution < 1.29 is 4.74 Å². The lowest BCUT2D eigenvalue weighted by Gasteiger charge is -2.19. The predicted molar refractivity (Wildman–Crippen MR) is 53.8 cm³/mol. The van der Waals surface area contributed by atoms with Crippen molar-refractivity contribution in [2.45, 2.75) is 38.5 Å². The molecule has 1 aromatic heterocycles. The summed E-state index contributed by atoms with van der Waals surface area (Å²) < 4.78 is 7.73. The van der Waals surface area contributed by atoms with Gasteiger partial charge in [-0.3, -0.25) is 0 Å². The molecule has 2 N–H and O–H groups in total. The first-order valence-electron chi connectivity index (χ1n) is 5.15. The Bertz CT molecular complexity index is 291. The summed E-state index contributed by atoms with van der Waals surface area (Å²) in [6.45, 7) is 3.57. The average molecular weight is 195 g/mol. The highest BCUT2D eigenvalue weighted by Gasteiger charge is 2.23. The summed E-state index contributed by atoms with van der Waals surface area (Å²) in [4.78, 5) is 4.21. The molecule has 0 saturated carbocycles. The van der Waals surface area contributed by atoms with Crippen molar-refractivity contribution in [2.75, 3.05) is 6.61 Å². The summed E-state index contributed by atoms with van der Waals surface area (Å²) in [5.41, 5.74) is 6.45. The fourth-order valence-electron chi connectivity index (χ4n) is 1.88.